The third kappa shape index (κ3) is 8.43. The Morgan fingerprint density at radius 1 is 1.00 bits per heavy atom. The van der Waals surface area contributed by atoms with Crippen LogP contribution in [0.4, 0.5) is 17.2 Å². The quantitative estimate of drug-likeness (QED) is 0.112. The van der Waals surface area contributed by atoms with E-state index < -0.39 is 0 Å². The van der Waals surface area contributed by atoms with Crippen molar-refractivity contribution in [1.29, 1.82) is 0 Å². The molecule has 212 valence electrons. The number of carbonyl (C=O) groups is 1. The van der Waals surface area contributed by atoms with Crippen molar-refractivity contribution in [2.75, 3.05) is 51.2 Å². The van der Waals surface area contributed by atoms with Crippen LogP contribution in [0.25, 0.3) is 10.8 Å². The molecule has 4 aromatic rings. The van der Waals surface area contributed by atoms with Gasteiger partial charge in [0.25, 0.3) is 5.91 Å². The highest BCUT2D eigenvalue weighted by Crippen LogP contribution is 2.33. The molecule has 0 aliphatic rings. The molecule has 0 aliphatic heterocycles. The number of ether oxygens (including phenoxy) is 4. The molecule has 0 spiro atoms. The maximum Gasteiger partial charge on any atom is 0.251 e. The van der Waals surface area contributed by atoms with Gasteiger partial charge in [-0.1, -0.05) is 30.2 Å². The number of carbonyl (C=O) groups excluding carboxylic acids is 1. The fourth-order valence-electron chi connectivity index (χ4n) is 4.09. The van der Waals surface area contributed by atoms with Crippen LogP contribution in [0.5, 0.6) is 11.5 Å². The molecule has 9 nitrogen and oxygen atoms in total. The summed E-state index contributed by atoms with van der Waals surface area (Å²) in [6, 6.07) is 19.9. The molecule has 0 saturated heterocycles. The van der Waals surface area contributed by atoms with Crippen LogP contribution in [0.2, 0.25) is 0 Å². The summed E-state index contributed by atoms with van der Waals surface area (Å²) in [6.45, 7) is 4.15. The number of hydrogen-bond acceptors (Lipinski definition) is 8. The molecule has 41 heavy (non-hydrogen) atoms. The summed E-state index contributed by atoms with van der Waals surface area (Å²) < 4.78 is 22.1. The van der Waals surface area contributed by atoms with E-state index in [4.69, 9.17) is 31.1 Å². The minimum absolute atomic E-state index is 0.215. The first-order valence-electron chi connectivity index (χ1n) is 13.2. The van der Waals surface area contributed by atoms with Gasteiger partial charge in [0, 0.05) is 58.7 Å². The van der Waals surface area contributed by atoms with Gasteiger partial charge in [0.15, 0.2) is 0 Å². The van der Waals surface area contributed by atoms with E-state index in [1.54, 1.807) is 43.6 Å². The Morgan fingerprint density at radius 2 is 1.78 bits per heavy atom. The van der Waals surface area contributed by atoms with Gasteiger partial charge >= 0.3 is 0 Å². The van der Waals surface area contributed by atoms with Crippen molar-refractivity contribution in [2.24, 2.45) is 0 Å². The van der Waals surface area contributed by atoms with E-state index in [0.29, 0.717) is 72.9 Å². The van der Waals surface area contributed by atoms with Crippen LogP contribution in [-0.2, 0) is 14.2 Å². The van der Waals surface area contributed by atoms with Crippen LogP contribution in [0.15, 0.2) is 72.9 Å². The molecular weight excluding hydrogens is 520 g/mol. The molecule has 0 fully saturated rings. The first kappa shape index (κ1) is 29.4. The fourth-order valence-corrected chi connectivity index (χ4v) is 4.09. The number of hydrogen-bond donors (Lipinski definition) is 3. The van der Waals surface area contributed by atoms with Gasteiger partial charge in [-0.05, 0) is 43.3 Å². The summed E-state index contributed by atoms with van der Waals surface area (Å²) in [5, 5.41) is 7.99. The molecule has 4 rings (SSSR count). The standard InChI is InChI=1S/C32H34N4O5/c1-4-23-17-24(32(37)35-22(2)21-40-16-15-39-14-13-38-3)19-25(18-23)36-31-20-26(11-12-34-31)41-30-10-9-29(33)27-7-5-6-8-28(27)30/h1,5-12,17-20,22H,13-16,21,33H2,2-3H3,(H,34,36)(H,35,37). The molecule has 1 atom stereocenters. The average Bonchev–Trinajstić information content (AvgIpc) is 2.98. The Morgan fingerprint density at radius 3 is 2.59 bits per heavy atom. The van der Waals surface area contributed by atoms with Gasteiger partial charge in [-0.2, -0.15) is 0 Å². The van der Waals surface area contributed by atoms with Gasteiger partial charge in [0.05, 0.1) is 33.0 Å². The largest absolute Gasteiger partial charge is 0.457 e. The number of methoxy groups -OCH3 is 1. The summed E-state index contributed by atoms with van der Waals surface area (Å²) in [5.41, 5.74) is 8.39. The van der Waals surface area contributed by atoms with Crippen LogP contribution in [0.1, 0.15) is 22.8 Å². The molecular formula is C32H34N4O5. The highest BCUT2D eigenvalue weighted by atomic mass is 16.5. The second kappa shape index (κ2) is 14.7. The number of rotatable bonds is 14. The van der Waals surface area contributed by atoms with Gasteiger partial charge < -0.3 is 35.3 Å². The first-order chi connectivity index (χ1) is 20.0. The smallest absolute Gasteiger partial charge is 0.251 e. The summed E-state index contributed by atoms with van der Waals surface area (Å²) in [4.78, 5) is 17.4. The molecule has 9 heteroatoms. The highest BCUT2D eigenvalue weighted by molar-refractivity contribution is 5.97. The van der Waals surface area contributed by atoms with Crippen molar-refractivity contribution in [3.8, 4) is 23.8 Å². The molecule has 0 saturated carbocycles. The van der Waals surface area contributed by atoms with E-state index in [2.05, 4.69) is 21.5 Å². The molecule has 3 aromatic carbocycles. The second-order valence-corrected chi connectivity index (χ2v) is 9.30. The lowest BCUT2D eigenvalue weighted by molar-refractivity contribution is 0.0205. The van der Waals surface area contributed by atoms with E-state index in [9.17, 15) is 4.79 Å². The van der Waals surface area contributed by atoms with Crippen LogP contribution < -0.4 is 21.1 Å². The SMILES string of the molecule is C#Cc1cc(Nc2cc(Oc3ccc(N)c4ccccc34)ccn2)cc(C(=O)NC(C)COCCOCCOC)c1. The molecule has 0 radical (unpaired) electrons. The van der Waals surface area contributed by atoms with Gasteiger partial charge in [0.1, 0.15) is 17.3 Å². The number of nitrogens with zero attached hydrogens (tertiary/aromatic N) is 1. The minimum atomic E-state index is -0.266. The molecule has 0 aliphatic carbocycles. The van der Waals surface area contributed by atoms with Crippen LogP contribution in [-0.4, -0.2) is 57.1 Å². The van der Waals surface area contributed by atoms with E-state index in [0.717, 1.165) is 10.8 Å². The topological polar surface area (TPSA) is 117 Å². The Hall–Kier alpha value is -4.62. The van der Waals surface area contributed by atoms with Crippen molar-refractivity contribution in [2.45, 2.75) is 13.0 Å². The number of nitrogens with two attached hydrogens (primary N) is 1. The van der Waals surface area contributed by atoms with Crippen LogP contribution >= 0.6 is 0 Å². The Kier molecular flexibility index (Phi) is 10.5. The third-order valence-electron chi connectivity index (χ3n) is 6.06. The first-order valence-corrected chi connectivity index (χ1v) is 13.2. The van der Waals surface area contributed by atoms with Crippen LogP contribution in [0.3, 0.4) is 0 Å². The molecule has 1 aromatic heterocycles. The number of terminal acetylenes is 1. The maximum atomic E-state index is 13.0. The van der Waals surface area contributed by atoms with Crippen molar-refractivity contribution in [3.05, 3.63) is 84.1 Å². The molecule has 1 heterocycles. The Bertz CT molecular complexity index is 1520. The molecule has 1 unspecified atom stereocenters. The van der Waals surface area contributed by atoms with E-state index >= 15 is 0 Å². The minimum Gasteiger partial charge on any atom is -0.457 e. The van der Waals surface area contributed by atoms with E-state index in [1.807, 2.05) is 43.3 Å². The zero-order valence-corrected chi connectivity index (χ0v) is 23.2. The molecule has 0 bridgehead atoms. The number of fused-ring (bicyclic) bond motifs is 1. The second-order valence-electron chi connectivity index (χ2n) is 9.30. The Balaban J connectivity index is 1.40. The predicted octanol–water partition coefficient (Wildman–Crippen LogP) is 5.13. The van der Waals surface area contributed by atoms with Crippen molar-refractivity contribution in [3.63, 3.8) is 0 Å². The molecule has 1 amide bonds. The van der Waals surface area contributed by atoms with E-state index in [-0.39, 0.29) is 11.9 Å². The number of nitrogen functional groups attached to an aromatic ring is 1. The summed E-state index contributed by atoms with van der Waals surface area (Å²) in [5.74, 6) is 4.13. The average molecular weight is 555 g/mol. The van der Waals surface area contributed by atoms with Crippen molar-refractivity contribution < 1.29 is 23.7 Å². The van der Waals surface area contributed by atoms with Gasteiger partial charge in [0.2, 0.25) is 0 Å². The van der Waals surface area contributed by atoms with Gasteiger partial charge in [-0.25, -0.2) is 4.98 Å². The lowest BCUT2D eigenvalue weighted by Crippen LogP contribution is -2.36. The van der Waals surface area contributed by atoms with Crippen LogP contribution in [0, 0.1) is 12.3 Å². The fraction of sp³-hybridized carbons (Fsp3) is 0.250. The zero-order chi connectivity index (χ0) is 29.0. The predicted molar refractivity (Wildman–Crippen MR) is 161 cm³/mol. The van der Waals surface area contributed by atoms with Gasteiger partial charge in [-0.15, -0.1) is 6.42 Å². The number of nitrogens with one attached hydrogen (secondary N) is 2. The van der Waals surface area contributed by atoms with Crippen molar-refractivity contribution in [1.82, 2.24) is 10.3 Å². The van der Waals surface area contributed by atoms with E-state index in [1.165, 1.54) is 0 Å². The summed E-state index contributed by atoms with van der Waals surface area (Å²) >= 11 is 0. The maximum absolute atomic E-state index is 13.0. The lowest BCUT2D eigenvalue weighted by Gasteiger charge is -2.16. The zero-order valence-electron chi connectivity index (χ0n) is 23.2. The number of aromatic nitrogens is 1. The number of pyridine rings is 1. The third-order valence-corrected chi connectivity index (χ3v) is 6.06. The normalized spacial score (nSPS) is 11.5. The lowest BCUT2D eigenvalue weighted by atomic mass is 10.1. The number of amides is 1. The highest BCUT2D eigenvalue weighted by Gasteiger charge is 2.13. The van der Waals surface area contributed by atoms with Crippen molar-refractivity contribution >= 4 is 33.9 Å². The molecule has 4 N–H and O–H groups in total. The number of benzene rings is 3. The summed E-state index contributed by atoms with van der Waals surface area (Å²) in [6.07, 6.45) is 7.32. The monoisotopic (exact) mass is 554 g/mol. The number of anilines is 3. The summed E-state index contributed by atoms with van der Waals surface area (Å²) in [7, 11) is 1.62. The van der Waals surface area contributed by atoms with Gasteiger partial charge in [-0.3, -0.25) is 4.79 Å². The Labute approximate surface area is 240 Å².